The summed E-state index contributed by atoms with van der Waals surface area (Å²) in [5.41, 5.74) is 4.26. The van der Waals surface area contributed by atoms with Crippen molar-refractivity contribution in [2.45, 2.75) is 95.0 Å². The standard InChI is InChI=1S/C41H49F2N9O3/c1-27-34(23-46-52(27)33-15-17-49(18-16-33)32-5-4-6-32)37(53)47-31-12-11-30(44-22-31)21-45-38(54)35-13-14-36-40(25-41(42,43)26-40)50(19-20-51(35)36)24-28-7-9-29(10-8-28)39(55)48(2)3/h7-14,22-23,32-33H,4-6,15-21,24-26H2,1-3H3,(H,45,54)(H,47,53). The SMILES string of the molecule is Cc1c(C(=O)Nc2ccc(CNC(=O)c3ccc4n3CCN(Cc3ccc(C(=O)N(C)C)cc3)C43CC(F)(F)C3)nc2)cnn1C1CCN(C2CCC2)CC1. The minimum atomic E-state index is -2.79. The van der Waals surface area contributed by atoms with E-state index in [9.17, 15) is 23.2 Å². The molecule has 1 spiro atoms. The highest BCUT2D eigenvalue weighted by Gasteiger charge is 2.62. The molecule has 14 heteroatoms. The number of benzene rings is 1. The first-order chi connectivity index (χ1) is 26.4. The van der Waals surface area contributed by atoms with E-state index >= 15 is 0 Å². The number of nitrogens with zero attached hydrogens (tertiary/aromatic N) is 7. The van der Waals surface area contributed by atoms with Crippen molar-refractivity contribution in [1.82, 2.24) is 39.3 Å². The van der Waals surface area contributed by atoms with Crippen LogP contribution in [-0.2, 0) is 25.2 Å². The summed E-state index contributed by atoms with van der Waals surface area (Å²) in [5, 5.41) is 10.5. The van der Waals surface area contributed by atoms with Crippen molar-refractivity contribution in [2.24, 2.45) is 0 Å². The summed E-state index contributed by atoms with van der Waals surface area (Å²) in [4.78, 5) is 49.7. The average Bonchev–Trinajstić information content (AvgIpc) is 3.75. The van der Waals surface area contributed by atoms with Gasteiger partial charge in [0.05, 0.1) is 47.5 Å². The molecule has 8 rings (SSSR count). The number of alkyl halides is 2. The number of piperidine rings is 1. The fraction of sp³-hybridized carbons (Fsp3) is 0.488. The molecule has 2 saturated carbocycles. The van der Waals surface area contributed by atoms with Crippen molar-refractivity contribution in [3.63, 3.8) is 0 Å². The van der Waals surface area contributed by atoms with E-state index in [0.717, 1.165) is 43.2 Å². The molecule has 2 aliphatic heterocycles. The fourth-order valence-corrected chi connectivity index (χ4v) is 8.90. The number of pyridine rings is 1. The highest BCUT2D eigenvalue weighted by Crippen LogP contribution is 2.57. The number of nitrogens with one attached hydrogen (secondary N) is 2. The van der Waals surface area contributed by atoms with Gasteiger partial charge in [-0.3, -0.25) is 28.9 Å². The van der Waals surface area contributed by atoms with Gasteiger partial charge in [0.15, 0.2) is 0 Å². The fourth-order valence-electron chi connectivity index (χ4n) is 8.90. The normalized spacial score (nSPS) is 19.7. The monoisotopic (exact) mass is 753 g/mol. The van der Waals surface area contributed by atoms with Gasteiger partial charge in [-0.05, 0) is 74.6 Å². The maximum atomic E-state index is 14.6. The van der Waals surface area contributed by atoms with E-state index in [1.54, 1.807) is 62.9 Å². The van der Waals surface area contributed by atoms with Crippen molar-refractivity contribution in [3.05, 3.63) is 100 Å². The Kier molecular flexibility index (Phi) is 9.83. The smallest absolute Gasteiger partial charge is 0.268 e. The number of amides is 3. The first-order valence-corrected chi connectivity index (χ1v) is 19.4. The van der Waals surface area contributed by atoms with Gasteiger partial charge in [-0.25, -0.2) is 8.78 Å². The molecule has 0 radical (unpaired) electrons. The number of hydrogen-bond acceptors (Lipinski definition) is 7. The lowest BCUT2D eigenvalue weighted by Crippen LogP contribution is -2.63. The lowest BCUT2D eigenvalue weighted by molar-refractivity contribution is -0.192. The van der Waals surface area contributed by atoms with Crippen LogP contribution >= 0.6 is 0 Å². The first kappa shape index (κ1) is 37.0. The summed E-state index contributed by atoms with van der Waals surface area (Å²) < 4.78 is 33.1. The first-order valence-electron chi connectivity index (χ1n) is 19.4. The summed E-state index contributed by atoms with van der Waals surface area (Å²) in [6.07, 6.45) is 8.59. The van der Waals surface area contributed by atoms with Gasteiger partial charge in [0.1, 0.15) is 5.69 Å². The molecule has 4 aromatic rings. The average molecular weight is 754 g/mol. The van der Waals surface area contributed by atoms with Crippen LogP contribution in [0, 0.1) is 6.92 Å². The van der Waals surface area contributed by atoms with Crippen LogP contribution < -0.4 is 10.6 Å². The summed E-state index contributed by atoms with van der Waals surface area (Å²) in [7, 11) is 3.40. The molecule has 4 aliphatic rings. The molecule has 290 valence electrons. The van der Waals surface area contributed by atoms with Crippen molar-refractivity contribution >= 4 is 23.4 Å². The van der Waals surface area contributed by atoms with Crippen LogP contribution in [0.5, 0.6) is 0 Å². The quantitative estimate of drug-likeness (QED) is 0.216. The minimum Gasteiger partial charge on any atom is -0.345 e. The van der Waals surface area contributed by atoms with E-state index in [0.29, 0.717) is 59.6 Å². The molecule has 2 N–H and O–H groups in total. The van der Waals surface area contributed by atoms with Crippen molar-refractivity contribution in [2.75, 3.05) is 39.0 Å². The second-order valence-electron chi connectivity index (χ2n) is 15.9. The molecule has 3 aromatic heterocycles. The van der Waals surface area contributed by atoms with E-state index in [1.807, 2.05) is 28.3 Å². The van der Waals surface area contributed by atoms with E-state index in [2.05, 4.69) is 30.5 Å². The zero-order valence-corrected chi connectivity index (χ0v) is 31.7. The summed E-state index contributed by atoms with van der Waals surface area (Å²) in [5.74, 6) is -3.45. The Hall–Kier alpha value is -4.95. The molecule has 0 atom stereocenters. The largest absolute Gasteiger partial charge is 0.345 e. The molecule has 2 aliphatic carbocycles. The van der Waals surface area contributed by atoms with E-state index < -0.39 is 11.5 Å². The van der Waals surface area contributed by atoms with Crippen molar-refractivity contribution in [1.29, 1.82) is 0 Å². The molecule has 1 aromatic carbocycles. The van der Waals surface area contributed by atoms with Gasteiger partial charge < -0.3 is 25.0 Å². The number of fused-ring (bicyclic) bond motifs is 2. The number of carbonyl (C=O) groups excluding carboxylic acids is 3. The Bertz CT molecular complexity index is 2050. The second kappa shape index (κ2) is 14.6. The van der Waals surface area contributed by atoms with Gasteiger partial charge in [-0.15, -0.1) is 0 Å². The Morgan fingerprint density at radius 1 is 0.873 bits per heavy atom. The molecule has 12 nitrogen and oxygen atoms in total. The van der Waals surface area contributed by atoms with E-state index in [4.69, 9.17) is 0 Å². The Morgan fingerprint density at radius 2 is 1.62 bits per heavy atom. The molecule has 3 fully saturated rings. The molecule has 3 amide bonds. The zero-order valence-electron chi connectivity index (χ0n) is 31.7. The highest BCUT2D eigenvalue weighted by atomic mass is 19.3. The molecular formula is C41H49F2N9O3. The van der Waals surface area contributed by atoms with Gasteiger partial charge in [-0.1, -0.05) is 18.6 Å². The Balaban J connectivity index is 0.870. The van der Waals surface area contributed by atoms with Crippen molar-refractivity contribution in [3.8, 4) is 0 Å². The van der Waals surface area contributed by atoms with Gasteiger partial charge in [0.25, 0.3) is 23.6 Å². The van der Waals surface area contributed by atoms with Crippen LogP contribution in [-0.4, -0.2) is 97.4 Å². The molecule has 55 heavy (non-hydrogen) atoms. The lowest BCUT2D eigenvalue weighted by atomic mass is 9.68. The topological polar surface area (TPSA) is 121 Å². The number of hydrogen-bond donors (Lipinski definition) is 2. The molecular weight excluding hydrogens is 705 g/mol. The van der Waals surface area contributed by atoms with Crippen LogP contribution in [0.25, 0.3) is 0 Å². The number of carbonyl (C=O) groups is 3. The zero-order chi connectivity index (χ0) is 38.5. The molecule has 1 saturated heterocycles. The predicted molar refractivity (Wildman–Crippen MR) is 203 cm³/mol. The summed E-state index contributed by atoms with van der Waals surface area (Å²) >= 11 is 0. The minimum absolute atomic E-state index is 0.0978. The van der Waals surface area contributed by atoms with Gasteiger partial charge in [0.2, 0.25) is 0 Å². The number of halogens is 2. The van der Waals surface area contributed by atoms with Crippen LogP contribution in [0.2, 0.25) is 0 Å². The van der Waals surface area contributed by atoms with E-state index in [-0.39, 0.29) is 37.1 Å². The van der Waals surface area contributed by atoms with Crippen LogP contribution in [0.3, 0.4) is 0 Å². The maximum Gasteiger partial charge on any atom is 0.268 e. The molecule has 0 unspecified atom stereocenters. The third-order valence-electron chi connectivity index (χ3n) is 12.2. The number of aromatic nitrogens is 4. The number of rotatable bonds is 10. The Morgan fingerprint density at radius 3 is 2.25 bits per heavy atom. The Labute approximate surface area is 319 Å². The third-order valence-corrected chi connectivity index (χ3v) is 12.2. The van der Waals surface area contributed by atoms with Gasteiger partial charge in [0, 0.05) is 82.7 Å². The van der Waals surface area contributed by atoms with Gasteiger partial charge >= 0.3 is 0 Å². The summed E-state index contributed by atoms with van der Waals surface area (Å²) in [6.45, 7) is 5.66. The van der Waals surface area contributed by atoms with Crippen LogP contribution in [0.1, 0.15) is 105 Å². The highest BCUT2D eigenvalue weighted by molar-refractivity contribution is 6.04. The molecule has 5 heterocycles. The maximum absolute atomic E-state index is 14.6. The van der Waals surface area contributed by atoms with Crippen LogP contribution in [0.15, 0.2) is 60.9 Å². The predicted octanol–water partition coefficient (Wildman–Crippen LogP) is 5.60. The number of anilines is 1. The van der Waals surface area contributed by atoms with Crippen molar-refractivity contribution < 1.29 is 23.2 Å². The summed E-state index contributed by atoms with van der Waals surface area (Å²) in [6, 6.07) is 15.3. The number of likely N-dealkylation sites (tertiary alicyclic amines) is 1. The molecule has 0 bridgehead atoms. The lowest BCUT2D eigenvalue weighted by Gasteiger charge is -2.56. The van der Waals surface area contributed by atoms with Gasteiger partial charge in [-0.2, -0.15) is 5.10 Å². The second-order valence-corrected chi connectivity index (χ2v) is 15.9. The third kappa shape index (κ3) is 7.17. The van der Waals surface area contributed by atoms with E-state index in [1.165, 1.54) is 24.2 Å². The van der Waals surface area contributed by atoms with Crippen LogP contribution in [0.4, 0.5) is 14.5 Å².